The van der Waals surface area contributed by atoms with Crippen molar-refractivity contribution < 1.29 is 27.6 Å². The number of carbonyl (C=O) groups excluding carboxylic acids is 1. The van der Waals surface area contributed by atoms with Crippen molar-refractivity contribution in [3.8, 4) is 5.75 Å². The van der Waals surface area contributed by atoms with Crippen molar-refractivity contribution in [1.29, 1.82) is 0 Å². The van der Waals surface area contributed by atoms with Crippen molar-refractivity contribution in [3.63, 3.8) is 0 Å². The fourth-order valence-electron chi connectivity index (χ4n) is 2.51. The lowest BCUT2D eigenvalue weighted by molar-refractivity contribution is -0.137. The summed E-state index contributed by atoms with van der Waals surface area (Å²) in [6, 6.07) is 9.44. The second-order valence-corrected chi connectivity index (χ2v) is 7.85. The Hall–Kier alpha value is -2.33. The van der Waals surface area contributed by atoms with E-state index in [0.29, 0.717) is 26.7 Å². The molecule has 0 aliphatic heterocycles. The highest BCUT2D eigenvalue weighted by atomic mass is 79.9. The van der Waals surface area contributed by atoms with Crippen LogP contribution in [0.25, 0.3) is 0 Å². The molecule has 3 aromatic rings. The lowest BCUT2D eigenvalue weighted by atomic mass is 10.1. The molecule has 0 atom stereocenters. The van der Waals surface area contributed by atoms with Gasteiger partial charge in [-0.05, 0) is 67.3 Å². The van der Waals surface area contributed by atoms with Crippen molar-refractivity contribution in [2.24, 2.45) is 0 Å². The zero-order chi connectivity index (χ0) is 21.2. The minimum absolute atomic E-state index is 0.0526. The lowest BCUT2D eigenvalue weighted by Gasteiger charge is -2.08. The Labute approximate surface area is 180 Å². The molecule has 10 heteroatoms. The normalized spacial score (nSPS) is 11.5. The highest BCUT2D eigenvalue weighted by Gasteiger charge is 2.29. The number of carbonyl (C=O) groups is 1. The number of rotatable bonds is 5. The van der Waals surface area contributed by atoms with Gasteiger partial charge in [-0.1, -0.05) is 17.3 Å². The van der Waals surface area contributed by atoms with Crippen LogP contribution in [0.4, 0.5) is 13.2 Å². The summed E-state index contributed by atoms with van der Waals surface area (Å²) in [6.07, 6.45) is -4.06. The summed E-state index contributed by atoms with van der Waals surface area (Å²) in [4.78, 5) is 12.2. The van der Waals surface area contributed by atoms with Crippen LogP contribution in [0.3, 0.4) is 0 Å². The topological polar surface area (TPSA) is 75.4 Å². The molecule has 3 rings (SSSR count). The highest BCUT2D eigenvalue weighted by Crippen LogP contribution is 2.34. The summed E-state index contributed by atoms with van der Waals surface area (Å²) < 4.78 is 43.9. The van der Waals surface area contributed by atoms with E-state index in [2.05, 4.69) is 42.3 Å². The fraction of sp³-hybridized carbons (Fsp3) is 0.158. The van der Waals surface area contributed by atoms with E-state index in [1.54, 1.807) is 12.1 Å². The first kappa shape index (κ1) is 21.4. The van der Waals surface area contributed by atoms with Crippen molar-refractivity contribution >= 4 is 37.8 Å². The van der Waals surface area contributed by atoms with Crippen molar-refractivity contribution in [2.45, 2.75) is 19.1 Å². The second kappa shape index (κ2) is 8.58. The van der Waals surface area contributed by atoms with Crippen LogP contribution in [0.1, 0.15) is 32.9 Å². The number of hydrogen-bond acceptors (Lipinski definition) is 4. The van der Waals surface area contributed by atoms with E-state index in [0.717, 1.165) is 17.7 Å². The summed E-state index contributed by atoms with van der Waals surface area (Å²) in [5.41, 5.74) is 0.647. The summed E-state index contributed by atoms with van der Waals surface area (Å²) in [5.74, 6) is 0.0109. The number of aromatic hydroxyl groups is 1. The van der Waals surface area contributed by atoms with Crippen molar-refractivity contribution in [3.05, 3.63) is 79.6 Å². The number of benzene rings is 2. The number of phenolic OH excluding ortho intramolecular Hbond substituents is 1. The summed E-state index contributed by atoms with van der Waals surface area (Å²) in [6.45, 7) is 0.0526. The Balaban J connectivity index is 1.61. The van der Waals surface area contributed by atoms with Gasteiger partial charge in [0.05, 0.1) is 14.5 Å². The Bertz CT molecular complexity index is 1010. The second-order valence-electron chi connectivity index (χ2n) is 6.14. The molecule has 0 radical (unpaired) electrons. The molecule has 2 N–H and O–H groups in total. The maximum absolute atomic E-state index is 12.6. The largest absolute Gasteiger partial charge is 0.506 e. The van der Waals surface area contributed by atoms with Crippen LogP contribution in [0.2, 0.25) is 0 Å². The van der Waals surface area contributed by atoms with Crippen LogP contribution in [0.15, 0.2) is 55.9 Å². The molecule has 0 aliphatic rings. The van der Waals surface area contributed by atoms with Gasteiger partial charge in [-0.25, -0.2) is 0 Å². The predicted molar refractivity (Wildman–Crippen MR) is 105 cm³/mol. The van der Waals surface area contributed by atoms with Gasteiger partial charge in [-0.3, -0.25) is 4.79 Å². The quantitative estimate of drug-likeness (QED) is 0.457. The molecule has 0 bridgehead atoms. The van der Waals surface area contributed by atoms with Gasteiger partial charge in [0.25, 0.3) is 5.91 Å². The number of nitrogens with one attached hydrogen (secondary N) is 1. The fourth-order valence-corrected chi connectivity index (χ4v) is 3.79. The molecular weight excluding hydrogens is 521 g/mol. The maximum atomic E-state index is 12.6. The van der Waals surface area contributed by atoms with E-state index in [9.17, 15) is 23.1 Å². The number of hydrogen-bond donors (Lipinski definition) is 2. The molecule has 0 spiro atoms. The first-order chi connectivity index (χ1) is 13.6. The van der Waals surface area contributed by atoms with E-state index in [1.807, 2.05) is 0 Å². The summed E-state index contributed by atoms with van der Waals surface area (Å²) >= 11 is 6.49. The molecule has 0 unspecified atom stereocenters. The SMILES string of the molecule is O=C(NCc1ccc(C(F)(F)F)cc1)c1cc(Cc2cc(Br)c(O)c(Br)c2)on1. The van der Waals surface area contributed by atoms with E-state index in [-0.39, 0.29) is 18.0 Å². The smallest absolute Gasteiger partial charge is 0.416 e. The molecule has 5 nitrogen and oxygen atoms in total. The zero-order valence-electron chi connectivity index (χ0n) is 14.6. The summed E-state index contributed by atoms with van der Waals surface area (Å²) in [7, 11) is 0. The molecule has 0 fully saturated rings. The van der Waals surface area contributed by atoms with Crippen LogP contribution >= 0.6 is 31.9 Å². The third kappa shape index (κ3) is 5.39. The molecular formula is C19H13Br2F3N2O3. The number of aromatic nitrogens is 1. The molecule has 152 valence electrons. The Morgan fingerprint density at radius 3 is 2.28 bits per heavy atom. The first-order valence-corrected chi connectivity index (χ1v) is 9.79. The average Bonchev–Trinajstić information content (AvgIpc) is 3.12. The van der Waals surface area contributed by atoms with Gasteiger partial charge in [0.2, 0.25) is 0 Å². The molecule has 2 aromatic carbocycles. The molecule has 1 amide bonds. The standard InChI is InChI=1S/C19H13Br2F3N2O3/c20-14-6-11(7-15(21)17(14)27)5-13-8-16(26-29-13)18(28)25-9-10-1-3-12(4-2-10)19(22,23)24/h1-4,6-8,27H,5,9H2,(H,25,28). The van der Waals surface area contributed by atoms with Gasteiger partial charge >= 0.3 is 6.18 Å². The van der Waals surface area contributed by atoms with Gasteiger partial charge in [0.15, 0.2) is 5.69 Å². The predicted octanol–water partition coefficient (Wildman–Crippen LogP) is 5.44. The van der Waals surface area contributed by atoms with Crippen LogP contribution in [0, 0.1) is 0 Å². The van der Waals surface area contributed by atoms with Crippen LogP contribution in [0.5, 0.6) is 5.75 Å². The zero-order valence-corrected chi connectivity index (χ0v) is 17.7. The third-order valence-corrected chi connectivity index (χ3v) is 5.19. The molecule has 0 aliphatic carbocycles. The van der Waals surface area contributed by atoms with Crippen LogP contribution < -0.4 is 5.32 Å². The lowest BCUT2D eigenvalue weighted by Crippen LogP contribution is -2.23. The average molecular weight is 534 g/mol. The van der Waals surface area contributed by atoms with E-state index >= 15 is 0 Å². The van der Waals surface area contributed by atoms with Gasteiger partial charge in [-0.2, -0.15) is 13.2 Å². The monoisotopic (exact) mass is 532 g/mol. The van der Waals surface area contributed by atoms with E-state index < -0.39 is 17.6 Å². The van der Waals surface area contributed by atoms with Crippen LogP contribution in [-0.4, -0.2) is 16.2 Å². The highest BCUT2D eigenvalue weighted by molar-refractivity contribution is 9.11. The maximum Gasteiger partial charge on any atom is 0.416 e. The van der Waals surface area contributed by atoms with Gasteiger partial charge < -0.3 is 14.9 Å². The minimum Gasteiger partial charge on any atom is -0.506 e. The molecule has 0 saturated heterocycles. The molecule has 0 saturated carbocycles. The molecule has 1 aromatic heterocycles. The number of phenols is 1. The third-order valence-electron chi connectivity index (χ3n) is 3.98. The number of halogens is 5. The van der Waals surface area contributed by atoms with E-state index in [4.69, 9.17) is 4.52 Å². The minimum atomic E-state index is -4.40. The first-order valence-electron chi connectivity index (χ1n) is 8.20. The Kier molecular flexibility index (Phi) is 6.33. The molecule has 29 heavy (non-hydrogen) atoms. The van der Waals surface area contributed by atoms with Crippen molar-refractivity contribution in [1.82, 2.24) is 10.5 Å². The Morgan fingerprint density at radius 1 is 1.07 bits per heavy atom. The van der Waals surface area contributed by atoms with Gasteiger partial charge in [0.1, 0.15) is 11.5 Å². The Morgan fingerprint density at radius 2 is 1.69 bits per heavy atom. The summed E-state index contributed by atoms with van der Waals surface area (Å²) in [5, 5.41) is 16.1. The van der Waals surface area contributed by atoms with Crippen molar-refractivity contribution in [2.75, 3.05) is 0 Å². The number of nitrogens with zero attached hydrogens (tertiary/aromatic N) is 1. The van der Waals surface area contributed by atoms with Crippen LogP contribution in [-0.2, 0) is 19.1 Å². The number of alkyl halides is 3. The van der Waals surface area contributed by atoms with Gasteiger partial charge in [-0.15, -0.1) is 0 Å². The van der Waals surface area contributed by atoms with Gasteiger partial charge in [0, 0.05) is 19.0 Å². The van der Waals surface area contributed by atoms with E-state index in [1.165, 1.54) is 18.2 Å². The number of amides is 1. The molecule has 1 heterocycles.